The minimum Gasteiger partial charge on any atom is -0.462 e. The molecule has 38 heavy (non-hydrogen) atoms. The van der Waals surface area contributed by atoms with E-state index in [0.29, 0.717) is 24.0 Å². The lowest BCUT2D eigenvalue weighted by atomic mass is 9.68. The number of ether oxygens (including phenoxy) is 1. The van der Waals surface area contributed by atoms with Crippen LogP contribution in [0, 0.1) is 29.6 Å². The van der Waals surface area contributed by atoms with Crippen LogP contribution in [-0.4, -0.2) is 24.3 Å². The maximum absolute atomic E-state index is 11.7. The first kappa shape index (κ1) is 29.4. The summed E-state index contributed by atoms with van der Waals surface area (Å²) in [6.07, 6.45) is 20.2. The summed E-state index contributed by atoms with van der Waals surface area (Å²) in [6.45, 7) is 8.01. The van der Waals surface area contributed by atoms with Crippen molar-refractivity contribution in [2.75, 3.05) is 13.2 Å². The van der Waals surface area contributed by atoms with Crippen molar-refractivity contribution in [1.29, 1.82) is 0 Å². The molecule has 3 aliphatic carbocycles. The lowest BCUT2D eigenvalue weighted by molar-refractivity contribution is -0.140. The van der Waals surface area contributed by atoms with E-state index in [1.807, 2.05) is 0 Å². The van der Waals surface area contributed by atoms with E-state index in [0.717, 1.165) is 30.1 Å². The molecule has 4 rings (SSSR count). The van der Waals surface area contributed by atoms with Crippen molar-refractivity contribution < 1.29 is 14.6 Å². The maximum atomic E-state index is 11.7. The zero-order chi connectivity index (χ0) is 26.9. The monoisotopic (exact) mass is 522 g/mol. The lowest BCUT2D eigenvalue weighted by Crippen LogP contribution is -2.25. The highest BCUT2D eigenvalue weighted by Crippen LogP contribution is 2.45. The third-order valence-electron chi connectivity index (χ3n) is 10.5. The van der Waals surface area contributed by atoms with Gasteiger partial charge in [-0.05, 0) is 124 Å². The van der Waals surface area contributed by atoms with Gasteiger partial charge < -0.3 is 9.84 Å². The van der Waals surface area contributed by atoms with Crippen LogP contribution in [0.3, 0.4) is 0 Å². The summed E-state index contributed by atoms with van der Waals surface area (Å²) < 4.78 is 5.30. The molecule has 3 heteroatoms. The Morgan fingerprint density at radius 1 is 0.842 bits per heavy atom. The Balaban J connectivity index is 1.18. The van der Waals surface area contributed by atoms with Gasteiger partial charge in [-0.25, -0.2) is 4.79 Å². The molecule has 212 valence electrons. The Morgan fingerprint density at radius 3 is 1.79 bits per heavy atom. The van der Waals surface area contributed by atoms with Crippen molar-refractivity contribution in [2.45, 2.75) is 122 Å². The quantitative estimate of drug-likeness (QED) is 0.233. The Morgan fingerprint density at radius 2 is 1.32 bits per heavy atom. The summed E-state index contributed by atoms with van der Waals surface area (Å²) in [5.74, 6) is 4.75. The van der Waals surface area contributed by atoms with Crippen molar-refractivity contribution in [2.24, 2.45) is 29.6 Å². The molecule has 0 spiro atoms. The number of esters is 1. The fourth-order valence-corrected chi connectivity index (χ4v) is 8.04. The van der Waals surface area contributed by atoms with Crippen molar-refractivity contribution in [3.63, 3.8) is 0 Å². The van der Waals surface area contributed by atoms with E-state index in [9.17, 15) is 9.90 Å². The van der Waals surface area contributed by atoms with Gasteiger partial charge in [-0.1, -0.05) is 63.5 Å². The van der Waals surface area contributed by atoms with Gasteiger partial charge in [0.2, 0.25) is 0 Å². The first-order chi connectivity index (χ1) is 18.5. The van der Waals surface area contributed by atoms with E-state index in [1.54, 1.807) is 12.5 Å². The second-order valence-corrected chi connectivity index (χ2v) is 13.2. The zero-order valence-electron chi connectivity index (χ0n) is 24.3. The van der Waals surface area contributed by atoms with Crippen molar-refractivity contribution in [1.82, 2.24) is 0 Å². The second-order valence-electron chi connectivity index (χ2n) is 13.2. The van der Waals surface area contributed by atoms with Crippen molar-refractivity contribution in [3.8, 4) is 0 Å². The van der Waals surface area contributed by atoms with Crippen LogP contribution in [0.5, 0.6) is 0 Å². The molecule has 0 aliphatic heterocycles. The number of carbonyl (C=O) groups is 1. The molecule has 1 aromatic carbocycles. The summed E-state index contributed by atoms with van der Waals surface area (Å²) in [6, 6.07) is 9.74. The highest BCUT2D eigenvalue weighted by Gasteiger charge is 2.31. The first-order valence-corrected chi connectivity index (χ1v) is 16.0. The molecule has 3 fully saturated rings. The molecule has 0 amide bonds. The molecule has 1 atom stereocenters. The molecule has 0 heterocycles. The fraction of sp³-hybridized carbons (Fsp3) is 0.743. The standard InChI is InChI=1S/C35H54O3/c1-4-5-26-6-10-29(11-7-26)31-14-18-33(19-15-31)34-20-16-32(17-21-34)30-12-8-27(9-13-30)22-28(23-36)24-38-35(37)25(2)3/h16-17,20-21,26-31,33,36H,2,4-15,18-19,22-24H2,1,3H3. The zero-order valence-corrected chi connectivity index (χ0v) is 24.3. The number of hydrogen-bond acceptors (Lipinski definition) is 3. The Hall–Kier alpha value is -1.61. The number of hydrogen-bond donors (Lipinski definition) is 1. The number of aliphatic hydroxyl groups excluding tert-OH is 1. The summed E-state index contributed by atoms with van der Waals surface area (Å²) in [5, 5.41) is 9.77. The van der Waals surface area contributed by atoms with Gasteiger partial charge in [0.05, 0.1) is 6.61 Å². The van der Waals surface area contributed by atoms with Crippen LogP contribution < -0.4 is 0 Å². The number of aliphatic hydroxyl groups is 1. The normalized spacial score (nSPS) is 30.9. The Kier molecular flexibility index (Phi) is 11.4. The molecule has 0 saturated heterocycles. The third-order valence-corrected chi connectivity index (χ3v) is 10.5. The van der Waals surface area contributed by atoms with E-state index in [-0.39, 0.29) is 18.5 Å². The van der Waals surface area contributed by atoms with Gasteiger partial charge in [-0.2, -0.15) is 0 Å². The second kappa shape index (κ2) is 14.7. The van der Waals surface area contributed by atoms with Crippen LogP contribution in [0.15, 0.2) is 36.4 Å². The van der Waals surface area contributed by atoms with Crippen LogP contribution in [0.1, 0.15) is 133 Å². The SMILES string of the molecule is C=C(C)C(=O)OCC(CO)CC1CCC(c2ccc(C3CCC(C4CCC(CCC)CC4)CC3)cc2)CC1. The van der Waals surface area contributed by atoms with E-state index >= 15 is 0 Å². The lowest BCUT2D eigenvalue weighted by Gasteiger charge is -2.38. The Bertz CT molecular complexity index is 850. The minimum atomic E-state index is -0.353. The maximum Gasteiger partial charge on any atom is 0.333 e. The van der Waals surface area contributed by atoms with Crippen LogP contribution >= 0.6 is 0 Å². The van der Waals surface area contributed by atoms with Crippen LogP contribution in [-0.2, 0) is 9.53 Å². The highest BCUT2D eigenvalue weighted by atomic mass is 16.5. The number of benzene rings is 1. The average molecular weight is 523 g/mol. The first-order valence-electron chi connectivity index (χ1n) is 16.0. The Labute approximate surface area is 232 Å². The molecule has 3 nitrogen and oxygen atoms in total. The summed E-state index contributed by atoms with van der Waals surface area (Å²) in [5.41, 5.74) is 3.50. The van der Waals surface area contributed by atoms with E-state index < -0.39 is 0 Å². The third kappa shape index (κ3) is 8.20. The minimum absolute atomic E-state index is 0.0327. The van der Waals surface area contributed by atoms with Gasteiger partial charge in [0.25, 0.3) is 0 Å². The summed E-state index contributed by atoms with van der Waals surface area (Å²) in [4.78, 5) is 11.7. The molecular formula is C35H54O3. The average Bonchev–Trinajstić information content (AvgIpc) is 2.96. The predicted octanol–water partition coefficient (Wildman–Crippen LogP) is 8.96. The van der Waals surface area contributed by atoms with Crippen LogP contribution in [0.2, 0.25) is 0 Å². The van der Waals surface area contributed by atoms with E-state index in [2.05, 4.69) is 37.8 Å². The largest absolute Gasteiger partial charge is 0.462 e. The molecule has 0 radical (unpaired) electrons. The summed E-state index contributed by atoms with van der Waals surface area (Å²) in [7, 11) is 0. The smallest absolute Gasteiger partial charge is 0.333 e. The molecule has 1 aromatic rings. The van der Waals surface area contributed by atoms with Crippen LogP contribution in [0.25, 0.3) is 0 Å². The summed E-state index contributed by atoms with van der Waals surface area (Å²) >= 11 is 0. The number of carbonyl (C=O) groups excluding carboxylic acids is 1. The highest BCUT2D eigenvalue weighted by molar-refractivity contribution is 5.86. The topological polar surface area (TPSA) is 46.5 Å². The van der Waals surface area contributed by atoms with Gasteiger partial charge in [0.15, 0.2) is 0 Å². The molecular weight excluding hydrogens is 468 g/mol. The van der Waals surface area contributed by atoms with Gasteiger partial charge in [0, 0.05) is 18.1 Å². The van der Waals surface area contributed by atoms with Gasteiger partial charge in [-0.15, -0.1) is 0 Å². The van der Waals surface area contributed by atoms with Gasteiger partial charge >= 0.3 is 5.97 Å². The van der Waals surface area contributed by atoms with Crippen molar-refractivity contribution in [3.05, 3.63) is 47.5 Å². The van der Waals surface area contributed by atoms with Gasteiger partial charge in [0.1, 0.15) is 0 Å². The molecule has 0 aromatic heterocycles. The van der Waals surface area contributed by atoms with Crippen molar-refractivity contribution >= 4 is 5.97 Å². The predicted molar refractivity (Wildman–Crippen MR) is 157 cm³/mol. The molecule has 1 N–H and O–H groups in total. The fourth-order valence-electron chi connectivity index (χ4n) is 8.04. The molecule has 1 unspecified atom stereocenters. The molecule has 0 bridgehead atoms. The van der Waals surface area contributed by atoms with Gasteiger partial charge in [-0.3, -0.25) is 0 Å². The van der Waals surface area contributed by atoms with Crippen LogP contribution in [0.4, 0.5) is 0 Å². The molecule has 3 saturated carbocycles. The van der Waals surface area contributed by atoms with E-state index in [4.69, 9.17) is 4.74 Å². The number of rotatable bonds is 11. The van der Waals surface area contributed by atoms with E-state index in [1.165, 1.54) is 95.5 Å². The molecule has 3 aliphatic rings.